The second-order valence-electron chi connectivity index (χ2n) is 5.05. The number of carboxylic acids is 1. The van der Waals surface area contributed by atoms with Gasteiger partial charge < -0.3 is 5.11 Å². The van der Waals surface area contributed by atoms with Gasteiger partial charge in [-0.1, -0.05) is 23.7 Å². The van der Waals surface area contributed by atoms with E-state index in [1.807, 2.05) is 54.7 Å². The van der Waals surface area contributed by atoms with E-state index in [9.17, 15) is 4.79 Å². The van der Waals surface area contributed by atoms with E-state index in [4.69, 9.17) is 16.7 Å². The molecule has 2 aromatic rings. The molecule has 4 heteroatoms. The maximum absolute atomic E-state index is 10.5. The normalized spacial score (nSPS) is 11.0. The van der Waals surface area contributed by atoms with Crippen LogP contribution in [0.2, 0.25) is 5.02 Å². The highest BCUT2D eigenvalue weighted by Crippen LogP contribution is 2.11. The van der Waals surface area contributed by atoms with Crippen molar-refractivity contribution in [2.75, 3.05) is 0 Å². The first-order valence-corrected chi connectivity index (χ1v) is 7.67. The van der Waals surface area contributed by atoms with Crippen LogP contribution in [0, 0.1) is 0 Å². The summed E-state index contributed by atoms with van der Waals surface area (Å²) in [7, 11) is 0. The molecule has 0 atom stereocenters. The van der Waals surface area contributed by atoms with E-state index in [-0.39, 0.29) is 6.42 Å². The van der Waals surface area contributed by atoms with E-state index in [1.54, 1.807) is 0 Å². The molecule has 114 valence electrons. The summed E-state index contributed by atoms with van der Waals surface area (Å²) in [5.41, 5.74) is 2.18. The van der Waals surface area contributed by atoms with E-state index in [0.29, 0.717) is 6.42 Å². The number of carbonyl (C=O) groups is 1. The third-order valence-corrected chi connectivity index (χ3v) is 3.58. The summed E-state index contributed by atoms with van der Waals surface area (Å²) >= 11 is 5.88. The zero-order valence-corrected chi connectivity index (χ0v) is 13.0. The van der Waals surface area contributed by atoms with Crippen LogP contribution >= 0.6 is 11.6 Å². The summed E-state index contributed by atoms with van der Waals surface area (Å²) < 4.78 is 2.13. The van der Waals surface area contributed by atoms with Crippen molar-refractivity contribution in [2.24, 2.45) is 0 Å². The summed E-state index contributed by atoms with van der Waals surface area (Å²) in [4.78, 5) is 10.5. The van der Waals surface area contributed by atoms with Crippen LogP contribution in [0.15, 0.2) is 48.7 Å². The van der Waals surface area contributed by atoms with Crippen LogP contribution in [0.5, 0.6) is 0 Å². The van der Waals surface area contributed by atoms with E-state index < -0.39 is 5.97 Å². The van der Waals surface area contributed by atoms with E-state index in [2.05, 4.69) is 10.6 Å². The van der Waals surface area contributed by atoms with Crippen LogP contribution < -0.4 is 4.57 Å². The lowest BCUT2D eigenvalue weighted by atomic mass is 10.2. The number of benzene rings is 1. The Balaban J connectivity index is 2.01. The van der Waals surface area contributed by atoms with Gasteiger partial charge in [0.2, 0.25) is 5.69 Å². The summed E-state index contributed by atoms with van der Waals surface area (Å²) in [6.45, 7) is 0.814. The molecule has 0 unspecified atom stereocenters. The van der Waals surface area contributed by atoms with Crippen molar-refractivity contribution in [1.82, 2.24) is 0 Å². The Morgan fingerprint density at radius 2 is 1.86 bits per heavy atom. The SMILES string of the molecule is O=C(O)CCCC[n+]1ccccc1/C=C/c1ccc(Cl)cc1. The molecule has 0 spiro atoms. The number of hydrogen-bond acceptors (Lipinski definition) is 1. The second-order valence-corrected chi connectivity index (χ2v) is 5.49. The summed E-state index contributed by atoms with van der Waals surface area (Å²) in [5, 5.41) is 9.39. The molecule has 0 amide bonds. The van der Waals surface area contributed by atoms with Crippen LogP contribution in [0.1, 0.15) is 30.5 Å². The molecule has 2 rings (SSSR count). The number of nitrogens with zero attached hydrogens (tertiary/aromatic N) is 1. The summed E-state index contributed by atoms with van der Waals surface area (Å²) in [6.07, 6.45) is 7.88. The van der Waals surface area contributed by atoms with Crippen LogP contribution in [0.3, 0.4) is 0 Å². The third-order valence-electron chi connectivity index (χ3n) is 3.33. The van der Waals surface area contributed by atoms with E-state index in [0.717, 1.165) is 29.2 Å². The maximum atomic E-state index is 10.5. The molecule has 0 aliphatic carbocycles. The molecule has 0 radical (unpaired) electrons. The second kappa shape index (κ2) is 8.35. The summed E-state index contributed by atoms with van der Waals surface area (Å²) in [6, 6.07) is 13.7. The summed E-state index contributed by atoms with van der Waals surface area (Å²) in [5.74, 6) is -0.735. The number of carboxylic acid groups (broad SMARTS) is 1. The van der Waals surface area contributed by atoms with Gasteiger partial charge in [0, 0.05) is 36.1 Å². The fourth-order valence-corrected chi connectivity index (χ4v) is 2.28. The average molecular weight is 317 g/mol. The fourth-order valence-electron chi connectivity index (χ4n) is 2.16. The largest absolute Gasteiger partial charge is 0.481 e. The van der Waals surface area contributed by atoms with Gasteiger partial charge in [-0.25, -0.2) is 0 Å². The molecule has 22 heavy (non-hydrogen) atoms. The van der Waals surface area contributed by atoms with Crippen molar-refractivity contribution in [2.45, 2.75) is 25.8 Å². The molecule has 1 aromatic heterocycles. The molecule has 0 aliphatic heterocycles. The van der Waals surface area contributed by atoms with Gasteiger partial charge in [-0.05, 0) is 36.3 Å². The number of unbranched alkanes of at least 4 members (excludes halogenated alkanes) is 1. The zero-order chi connectivity index (χ0) is 15.8. The smallest absolute Gasteiger partial charge is 0.303 e. The number of aliphatic carboxylic acids is 1. The highest BCUT2D eigenvalue weighted by Gasteiger charge is 2.06. The van der Waals surface area contributed by atoms with Crippen LogP contribution in [0.25, 0.3) is 12.2 Å². The molecule has 0 aliphatic rings. The monoisotopic (exact) mass is 316 g/mol. The lowest BCUT2D eigenvalue weighted by molar-refractivity contribution is -0.699. The van der Waals surface area contributed by atoms with Crippen molar-refractivity contribution >= 4 is 29.7 Å². The van der Waals surface area contributed by atoms with Crippen LogP contribution in [-0.4, -0.2) is 11.1 Å². The zero-order valence-electron chi connectivity index (χ0n) is 12.3. The van der Waals surface area contributed by atoms with Gasteiger partial charge >= 0.3 is 5.97 Å². The highest BCUT2D eigenvalue weighted by atomic mass is 35.5. The Morgan fingerprint density at radius 3 is 2.59 bits per heavy atom. The van der Waals surface area contributed by atoms with Gasteiger partial charge in [0.15, 0.2) is 6.20 Å². The Hall–Kier alpha value is -2.13. The van der Waals surface area contributed by atoms with Crippen LogP contribution in [0.4, 0.5) is 0 Å². The Labute approximate surface area is 135 Å². The Kier molecular flexibility index (Phi) is 6.16. The molecular weight excluding hydrogens is 298 g/mol. The minimum atomic E-state index is -0.735. The molecular formula is C18H19ClNO2+. The lowest BCUT2D eigenvalue weighted by Crippen LogP contribution is -2.36. The van der Waals surface area contributed by atoms with Crippen LogP contribution in [-0.2, 0) is 11.3 Å². The molecule has 0 fully saturated rings. The van der Waals surface area contributed by atoms with Gasteiger partial charge in [0.05, 0.1) is 0 Å². The minimum absolute atomic E-state index is 0.226. The first kappa shape index (κ1) is 16.2. The standard InChI is InChI=1S/C18H18ClNO2/c19-16-10-7-15(8-11-16)9-12-17-5-1-3-13-20(17)14-4-2-6-18(21)22/h1,3,5,7-13H,2,4,6,14H2/p+1/b12-9+. The number of hydrogen-bond donors (Lipinski definition) is 1. The van der Waals surface area contributed by atoms with Crippen molar-refractivity contribution < 1.29 is 14.5 Å². The van der Waals surface area contributed by atoms with E-state index >= 15 is 0 Å². The molecule has 0 saturated carbocycles. The predicted octanol–water partition coefficient (Wildman–Crippen LogP) is 4.05. The van der Waals surface area contributed by atoms with Crippen molar-refractivity contribution in [3.05, 3.63) is 64.9 Å². The molecule has 3 nitrogen and oxygen atoms in total. The van der Waals surface area contributed by atoms with Gasteiger partial charge in [0.1, 0.15) is 6.54 Å². The van der Waals surface area contributed by atoms with Gasteiger partial charge in [-0.15, -0.1) is 0 Å². The quantitative estimate of drug-likeness (QED) is 0.618. The molecule has 1 N–H and O–H groups in total. The molecule has 1 aromatic carbocycles. The molecule has 0 bridgehead atoms. The highest BCUT2D eigenvalue weighted by molar-refractivity contribution is 6.30. The number of rotatable bonds is 7. The van der Waals surface area contributed by atoms with E-state index in [1.165, 1.54) is 0 Å². The number of aryl methyl sites for hydroxylation is 1. The van der Waals surface area contributed by atoms with Gasteiger partial charge in [-0.3, -0.25) is 4.79 Å². The number of aromatic nitrogens is 1. The lowest BCUT2D eigenvalue weighted by Gasteiger charge is -2.00. The molecule has 0 saturated heterocycles. The first-order chi connectivity index (χ1) is 10.6. The van der Waals surface area contributed by atoms with Crippen molar-refractivity contribution in [3.8, 4) is 0 Å². The van der Waals surface area contributed by atoms with Gasteiger partial charge in [0.25, 0.3) is 0 Å². The van der Waals surface area contributed by atoms with Crippen molar-refractivity contribution in [3.63, 3.8) is 0 Å². The topological polar surface area (TPSA) is 41.2 Å². The Bertz CT molecular complexity index is 650. The predicted molar refractivity (Wildman–Crippen MR) is 88.5 cm³/mol. The average Bonchev–Trinajstić information content (AvgIpc) is 2.52. The fraction of sp³-hybridized carbons (Fsp3) is 0.222. The minimum Gasteiger partial charge on any atom is -0.481 e. The first-order valence-electron chi connectivity index (χ1n) is 7.29. The number of halogens is 1. The van der Waals surface area contributed by atoms with Gasteiger partial charge in [-0.2, -0.15) is 4.57 Å². The maximum Gasteiger partial charge on any atom is 0.303 e. The Morgan fingerprint density at radius 1 is 1.09 bits per heavy atom. The van der Waals surface area contributed by atoms with Crippen molar-refractivity contribution in [1.29, 1.82) is 0 Å². The number of pyridine rings is 1. The third kappa shape index (κ3) is 5.34. The molecule has 1 heterocycles.